The first-order valence-corrected chi connectivity index (χ1v) is 9.40. The molecule has 3 rings (SSSR count). The van der Waals surface area contributed by atoms with Crippen molar-refractivity contribution in [2.24, 2.45) is 11.8 Å². The molecule has 5 nitrogen and oxygen atoms in total. The molecule has 1 aliphatic carbocycles. The van der Waals surface area contributed by atoms with Gasteiger partial charge in [-0.1, -0.05) is 30.7 Å². The van der Waals surface area contributed by atoms with E-state index in [1.807, 2.05) is 6.92 Å². The van der Waals surface area contributed by atoms with E-state index in [1.165, 1.54) is 6.07 Å². The predicted molar refractivity (Wildman–Crippen MR) is 107 cm³/mol. The van der Waals surface area contributed by atoms with Crippen LogP contribution in [0.5, 0.6) is 5.75 Å². The lowest BCUT2D eigenvalue weighted by Crippen LogP contribution is -2.34. The Hall–Kier alpha value is -1.95. The van der Waals surface area contributed by atoms with Crippen LogP contribution >= 0.6 is 34.8 Å². The summed E-state index contributed by atoms with van der Waals surface area (Å²) in [6.07, 6.45) is 0. The molecule has 2 atom stereocenters. The zero-order valence-electron chi connectivity index (χ0n) is 14.3. The molecule has 1 aliphatic rings. The molecule has 0 aromatic heterocycles. The second kappa shape index (κ2) is 7.97. The maximum absolute atomic E-state index is 12.1. The van der Waals surface area contributed by atoms with E-state index in [0.29, 0.717) is 18.0 Å². The smallest absolute Gasteiger partial charge is 0.326 e. The third-order valence-corrected chi connectivity index (χ3v) is 6.06. The summed E-state index contributed by atoms with van der Waals surface area (Å²) in [7, 11) is 0. The van der Waals surface area contributed by atoms with Crippen molar-refractivity contribution < 1.29 is 14.3 Å². The number of hydrogen-bond donors (Lipinski definition) is 2. The van der Waals surface area contributed by atoms with Crippen LogP contribution in [0.4, 0.5) is 10.5 Å². The number of ether oxygens (including phenoxy) is 1. The first-order chi connectivity index (χ1) is 12.8. The van der Waals surface area contributed by atoms with Gasteiger partial charge in [0.25, 0.3) is 5.91 Å². The van der Waals surface area contributed by atoms with Crippen molar-refractivity contribution in [2.75, 3.05) is 11.9 Å². The van der Waals surface area contributed by atoms with E-state index >= 15 is 0 Å². The number of rotatable bonds is 5. The number of imide groups is 1. The standard InChI is InChI=1S/C19H17Cl3N2O3/c1-11-15(19(11,21)22)10-27-13-8-6-12(7-9-13)23-18(26)24-17(25)14-4-2-3-5-16(14)20/h2-9,11,15H,10H2,1H3,(H2,23,24,25,26). The van der Waals surface area contributed by atoms with Crippen molar-refractivity contribution >= 4 is 52.4 Å². The predicted octanol–water partition coefficient (Wildman–Crippen LogP) is 5.12. The number of nitrogens with one attached hydrogen (secondary N) is 2. The zero-order valence-corrected chi connectivity index (χ0v) is 16.6. The van der Waals surface area contributed by atoms with Crippen LogP contribution in [0.1, 0.15) is 17.3 Å². The lowest BCUT2D eigenvalue weighted by Gasteiger charge is -2.09. The summed E-state index contributed by atoms with van der Waals surface area (Å²) in [5.74, 6) is 0.347. The SMILES string of the molecule is CC1C(COc2ccc(NC(=O)NC(=O)c3ccccc3Cl)cc2)C1(Cl)Cl. The number of hydrogen-bond acceptors (Lipinski definition) is 3. The average Bonchev–Trinajstić information content (AvgIpc) is 3.11. The lowest BCUT2D eigenvalue weighted by molar-refractivity contribution is 0.0967. The zero-order chi connectivity index (χ0) is 19.6. The molecule has 2 aromatic carbocycles. The molecule has 2 aromatic rings. The largest absolute Gasteiger partial charge is 0.493 e. The molecule has 0 bridgehead atoms. The number of carbonyl (C=O) groups excluding carboxylic acids is 2. The summed E-state index contributed by atoms with van der Waals surface area (Å²) in [5.41, 5.74) is 0.734. The van der Waals surface area contributed by atoms with Crippen LogP contribution in [0.25, 0.3) is 0 Å². The summed E-state index contributed by atoms with van der Waals surface area (Å²) in [4.78, 5) is 24.0. The van der Waals surface area contributed by atoms with Crippen LogP contribution in [0.2, 0.25) is 5.02 Å². The summed E-state index contributed by atoms with van der Waals surface area (Å²) in [5, 5.41) is 5.07. The van der Waals surface area contributed by atoms with E-state index in [1.54, 1.807) is 42.5 Å². The molecule has 8 heteroatoms. The number of anilines is 1. The minimum Gasteiger partial charge on any atom is -0.493 e. The molecule has 2 unspecified atom stereocenters. The Bertz CT molecular complexity index is 856. The molecular formula is C19H17Cl3N2O3. The molecule has 0 saturated heterocycles. The van der Waals surface area contributed by atoms with Gasteiger partial charge in [0.15, 0.2) is 0 Å². The monoisotopic (exact) mass is 426 g/mol. The fraction of sp³-hybridized carbons (Fsp3) is 0.263. The number of urea groups is 1. The van der Waals surface area contributed by atoms with Gasteiger partial charge in [-0.15, -0.1) is 23.2 Å². The molecule has 27 heavy (non-hydrogen) atoms. The normalized spacial score (nSPS) is 19.9. The second-order valence-corrected chi connectivity index (χ2v) is 8.14. The molecular weight excluding hydrogens is 411 g/mol. The van der Waals surface area contributed by atoms with Crippen molar-refractivity contribution in [1.29, 1.82) is 0 Å². The number of benzene rings is 2. The van der Waals surface area contributed by atoms with Gasteiger partial charge in [0, 0.05) is 11.6 Å². The van der Waals surface area contributed by atoms with Crippen molar-refractivity contribution in [1.82, 2.24) is 5.32 Å². The van der Waals surface area contributed by atoms with Gasteiger partial charge in [-0.3, -0.25) is 10.1 Å². The molecule has 0 radical (unpaired) electrons. The number of carbonyl (C=O) groups is 2. The topological polar surface area (TPSA) is 67.4 Å². The van der Waals surface area contributed by atoms with Crippen molar-refractivity contribution in [2.45, 2.75) is 11.3 Å². The van der Waals surface area contributed by atoms with Gasteiger partial charge in [0.05, 0.1) is 17.2 Å². The average molecular weight is 428 g/mol. The quantitative estimate of drug-likeness (QED) is 0.651. The highest BCUT2D eigenvalue weighted by atomic mass is 35.5. The van der Waals surface area contributed by atoms with Gasteiger partial charge in [-0.25, -0.2) is 4.79 Å². The van der Waals surface area contributed by atoms with Gasteiger partial charge in [-0.2, -0.15) is 0 Å². The fourth-order valence-electron chi connectivity index (χ4n) is 2.61. The first kappa shape index (κ1) is 19.8. The third-order valence-electron chi connectivity index (χ3n) is 4.48. The van der Waals surface area contributed by atoms with Gasteiger partial charge < -0.3 is 10.1 Å². The third kappa shape index (κ3) is 4.67. The summed E-state index contributed by atoms with van der Waals surface area (Å²) >= 11 is 18.1. The van der Waals surface area contributed by atoms with Crippen molar-refractivity contribution in [3.05, 3.63) is 59.1 Å². The molecule has 142 valence electrons. The van der Waals surface area contributed by atoms with E-state index in [2.05, 4.69) is 10.6 Å². The van der Waals surface area contributed by atoms with Gasteiger partial charge in [-0.05, 0) is 42.3 Å². The molecule has 3 amide bonds. The Balaban J connectivity index is 1.50. The van der Waals surface area contributed by atoms with E-state index < -0.39 is 16.3 Å². The van der Waals surface area contributed by atoms with Gasteiger partial charge in [0.2, 0.25) is 0 Å². The summed E-state index contributed by atoms with van der Waals surface area (Å²) in [6, 6.07) is 12.6. The van der Waals surface area contributed by atoms with Crippen LogP contribution in [-0.4, -0.2) is 22.9 Å². The lowest BCUT2D eigenvalue weighted by atomic mass is 10.2. The molecule has 1 saturated carbocycles. The number of alkyl halides is 2. The van der Waals surface area contributed by atoms with Crippen LogP contribution in [0.15, 0.2) is 48.5 Å². The van der Waals surface area contributed by atoms with Gasteiger partial charge in [0.1, 0.15) is 10.1 Å². The Morgan fingerprint density at radius 3 is 2.33 bits per heavy atom. The molecule has 1 fully saturated rings. The van der Waals surface area contributed by atoms with E-state index in [-0.39, 0.29) is 22.4 Å². The Morgan fingerprint density at radius 2 is 1.74 bits per heavy atom. The minimum atomic E-state index is -0.715. The highest BCUT2D eigenvalue weighted by Gasteiger charge is 2.60. The molecule has 0 aliphatic heterocycles. The van der Waals surface area contributed by atoms with Crippen LogP contribution in [0.3, 0.4) is 0 Å². The fourth-order valence-corrected chi connectivity index (χ4v) is 3.52. The number of halogens is 3. The van der Waals surface area contributed by atoms with Crippen LogP contribution in [-0.2, 0) is 0 Å². The molecule has 2 N–H and O–H groups in total. The first-order valence-electron chi connectivity index (χ1n) is 8.26. The van der Waals surface area contributed by atoms with E-state index in [0.717, 1.165) is 0 Å². The van der Waals surface area contributed by atoms with Crippen molar-refractivity contribution in [3.63, 3.8) is 0 Å². The van der Waals surface area contributed by atoms with Crippen molar-refractivity contribution in [3.8, 4) is 5.75 Å². The van der Waals surface area contributed by atoms with E-state index in [9.17, 15) is 9.59 Å². The maximum atomic E-state index is 12.1. The molecule has 0 heterocycles. The maximum Gasteiger partial charge on any atom is 0.326 e. The minimum absolute atomic E-state index is 0.0974. The highest BCUT2D eigenvalue weighted by molar-refractivity contribution is 6.51. The Labute approximate surface area is 171 Å². The molecule has 0 spiro atoms. The number of amides is 3. The Kier molecular flexibility index (Phi) is 5.84. The summed E-state index contributed by atoms with van der Waals surface area (Å²) in [6.45, 7) is 2.40. The van der Waals surface area contributed by atoms with Crippen LogP contribution in [0, 0.1) is 11.8 Å². The Morgan fingerprint density at radius 1 is 1.11 bits per heavy atom. The second-order valence-electron chi connectivity index (χ2n) is 6.29. The van der Waals surface area contributed by atoms with Crippen LogP contribution < -0.4 is 15.4 Å². The summed E-state index contributed by atoms with van der Waals surface area (Å²) < 4.78 is 4.95. The van der Waals surface area contributed by atoms with E-state index in [4.69, 9.17) is 39.5 Å². The highest BCUT2D eigenvalue weighted by Crippen LogP contribution is 2.58. The van der Waals surface area contributed by atoms with Gasteiger partial charge >= 0.3 is 6.03 Å².